The predicted molar refractivity (Wildman–Crippen MR) is 142 cm³/mol. The Kier molecular flexibility index (Phi) is 6.89. The molecule has 182 valence electrons. The van der Waals surface area contributed by atoms with Crippen LogP contribution in [0.5, 0.6) is 17.2 Å². The van der Waals surface area contributed by atoms with E-state index in [4.69, 9.17) is 16.3 Å². The maximum Gasteiger partial charge on any atom is 0.119 e. The Morgan fingerprint density at radius 1 is 1.00 bits per heavy atom. The highest BCUT2D eigenvalue weighted by Gasteiger charge is 2.20. The lowest BCUT2D eigenvalue weighted by Crippen LogP contribution is -2.35. The molecular formula is C29H31ClN2O3. The van der Waals surface area contributed by atoms with Crippen molar-refractivity contribution >= 4 is 22.5 Å². The maximum absolute atomic E-state index is 10.1. The number of aromatic nitrogens is 1. The molecule has 1 aliphatic heterocycles. The second-order valence-corrected chi connectivity index (χ2v) is 9.76. The highest BCUT2D eigenvalue weighted by molar-refractivity contribution is 6.38. The van der Waals surface area contributed by atoms with Gasteiger partial charge in [-0.05, 0) is 92.4 Å². The lowest BCUT2D eigenvalue weighted by molar-refractivity contribution is 0.268. The number of phenolic OH excluding ortho intramolecular Hbond substituents is 2. The van der Waals surface area contributed by atoms with Crippen LogP contribution in [-0.2, 0) is 6.54 Å². The minimum absolute atomic E-state index is 0.176. The molecule has 3 aromatic carbocycles. The van der Waals surface area contributed by atoms with Gasteiger partial charge in [-0.15, -0.1) is 0 Å². The van der Waals surface area contributed by atoms with Gasteiger partial charge in [0.2, 0.25) is 0 Å². The zero-order chi connectivity index (χ0) is 24.4. The number of nitrogens with zero attached hydrogens (tertiary/aromatic N) is 1. The van der Waals surface area contributed by atoms with Crippen molar-refractivity contribution in [3.8, 4) is 28.5 Å². The van der Waals surface area contributed by atoms with E-state index in [-0.39, 0.29) is 11.5 Å². The van der Waals surface area contributed by atoms with Crippen molar-refractivity contribution < 1.29 is 14.9 Å². The third-order valence-electron chi connectivity index (χ3n) is 6.86. The number of halogens is 1. The van der Waals surface area contributed by atoms with E-state index >= 15 is 0 Å². The summed E-state index contributed by atoms with van der Waals surface area (Å²) in [6.07, 6.45) is 4.83. The standard InChI is InChI=1S/C29H31ClN2O3/c1-19-16-22(33)7-11-25(19)29-28(30)26-17-23(34)8-12-27(26)32(29)18-20-5-9-24(10-6-20)35-15-13-21-4-2-3-14-31-21/h5-12,16-17,21,31,33-34H,2-4,13-15,18H2,1H3. The van der Waals surface area contributed by atoms with Crippen molar-refractivity contribution in [2.75, 3.05) is 13.2 Å². The van der Waals surface area contributed by atoms with Crippen molar-refractivity contribution in [2.24, 2.45) is 0 Å². The normalized spacial score (nSPS) is 16.0. The first-order valence-electron chi connectivity index (χ1n) is 12.3. The summed E-state index contributed by atoms with van der Waals surface area (Å²) in [6.45, 7) is 4.39. The predicted octanol–water partition coefficient (Wildman–Crippen LogP) is 6.64. The molecule has 0 radical (unpaired) electrons. The molecule has 5 rings (SSSR count). The Balaban J connectivity index is 1.40. The first-order chi connectivity index (χ1) is 17.0. The molecule has 0 amide bonds. The Morgan fingerprint density at radius 3 is 2.51 bits per heavy atom. The van der Waals surface area contributed by atoms with Gasteiger partial charge < -0.3 is 24.8 Å². The third-order valence-corrected chi connectivity index (χ3v) is 7.24. The van der Waals surface area contributed by atoms with Gasteiger partial charge in [0, 0.05) is 23.5 Å². The van der Waals surface area contributed by atoms with Crippen molar-refractivity contribution in [1.82, 2.24) is 9.88 Å². The number of phenols is 2. The number of ether oxygens (including phenoxy) is 1. The summed E-state index contributed by atoms with van der Waals surface area (Å²) in [5.74, 6) is 1.27. The van der Waals surface area contributed by atoms with Crippen LogP contribution in [0.3, 0.4) is 0 Å². The van der Waals surface area contributed by atoms with E-state index in [1.807, 2.05) is 31.2 Å². The number of nitrogens with one attached hydrogen (secondary N) is 1. The Morgan fingerprint density at radius 2 is 1.77 bits per heavy atom. The molecule has 1 aromatic heterocycles. The van der Waals surface area contributed by atoms with Crippen molar-refractivity contribution in [3.05, 3.63) is 76.8 Å². The molecule has 35 heavy (non-hydrogen) atoms. The van der Waals surface area contributed by atoms with Gasteiger partial charge in [0.1, 0.15) is 17.2 Å². The maximum atomic E-state index is 10.1. The van der Waals surface area contributed by atoms with Crippen LogP contribution >= 0.6 is 11.6 Å². The lowest BCUT2D eigenvalue weighted by atomic mass is 10.0. The van der Waals surface area contributed by atoms with E-state index in [1.165, 1.54) is 19.3 Å². The van der Waals surface area contributed by atoms with Gasteiger partial charge in [-0.1, -0.05) is 30.2 Å². The van der Waals surface area contributed by atoms with Gasteiger partial charge in [-0.2, -0.15) is 0 Å². The summed E-state index contributed by atoms with van der Waals surface area (Å²) in [4.78, 5) is 0. The van der Waals surface area contributed by atoms with E-state index in [2.05, 4.69) is 22.0 Å². The van der Waals surface area contributed by atoms with E-state index < -0.39 is 0 Å². The SMILES string of the molecule is Cc1cc(O)ccc1-c1c(Cl)c2cc(O)ccc2n1Cc1ccc(OCCC2CCCCN2)cc1. The van der Waals surface area contributed by atoms with E-state index in [9.17, 15) is 10.2 Å². The van der Waals surface area contributed by atoms with Crippen LogP contribution in [0.1, 0.15) is 36.8 Å². The molecule has 0 saturated carbocycles. The highest BCUT2D eigenvalue weighted by Crippen LogP contribution is 2.41. The van der Waals surface area contributed by atoms with Crippen LogP contribution in [0.15, 0.2) is 60.7 Å². The zero-order valence-corrected chi connectivity index (χ0v) is 20.7. The van der Waals surface area contributed by atoms with Crippen LogP contribution in [-0.4, -0.2) is 34.0 Å². The highest BCUT2D eigenvalue weighted by atomic mass is 35.5. The second-order valence-electron chi connectivity index (χ2n) is 9.38. The number of hydrogen-bond acceptors (Lipinski definition) is 4. The number of rotatable bonds is 7. The van der Waals surface area contributed by atoms with Gasteiger partial charge in [0.25, 0.3) is 0 Å². The number of hydrogen-bond donors (Lipinski definition) is 3. The number of fused-ring (bicyclic) bond motifs is 1. The quantitative estimate of drug-likeness (QED) is 0.271. The molecule has 1 aliphatic rings. The number of aryl methyl sites for hydroxylation is 1. The zero-order valence-electron chi connectivity index (χ0n) is 19.9. The Bertz CT molecular complexity index is 1320. The fourth-order valence-electron chi connectivity index (χ4n) is 5.01. The fourth-order valence-corrected chi connectivity index (χ4v) is 5.36. The summed E-state index contributed by atoms with van der Waals surface area (Å²) in [5.41, 5.74) is 4.79. The first-order valence-corrected chi connectivity index (χ1v) is 12.6. The van der Waals surface area contributed by atoms with Gasteiger partial charge in [-0.3, -0.25) is 0 Å². The monoisotopic (exact) mass is 490 g/mol. The molecule has 1 atom stereocenters. The summed E-state index contributed by atoms with van der Waals surface area (Å²) in [7, 11) is 0. The summed E-state index contributed by atoms with van der Waals surface area (Å²) in [6, 6.07) is 19.4. The van der Waals surface area contributed by atoms with Crippen molar-refractivity contribution in [1.29, 1.82) is 0 Å². The number of benzene rings is 3. The first kappa shape index (κ1) is 23.6. The molecule has 0 bridgehead atoms. The molecule has 6 heteroatoms. The molecule has 0 spiro atoms. The van der Waals surface area contributed by atoms with E-state index in [1.54, 1.807) is 24.3 Å². The molecule has 2 heterocycles. The van der Waals surface area contributed by atoms with Crippen LogP contribution < -0.4 is 10.1 Å². The average molecular weight is 491 g/mol. The van der Waals surface area contributed by atoms with Crippen LogP contribution in [0.2, 0.25) is 5.02 Å². The largest absolute Gasteiger partial charge is 0.508 e. The smallest absolute Gasteiger partial charge is 0.119 e. The molecule has 3 N–H and O–H groups in total. The molecule has 4 aromatic rings. The molecule has 0 aliphatic carbocycles. The minimum Gasteiger partial charge on any atom is -0.508 e. The number of aromatic hydroxyl groups is 2. The number of piperidine rings is 1. The summed E-state index contributed by atoms with van der Waals surface area (Å²) in [5, 5.41) is 24.9. The minimum atomic E-state index is 0.176. The molecule has 1 unspecified atom stereocenters. The van der Waals surface area contributed by atoms with Crippen LogP contribution in [0, 0.1) is 6.92 Å². The van der Waals surface area contributed by atoms with Gasteiger partial charge in [-0.25, -0.2) is 0 Å². The van der Waals surface area contributed by atoms with Gasteiger partial charge in [0.05, 0.1) is 22.8 Å². The molecule has 5 nitrogen and oxygen atoms in total. The molecule has 1 saturated heterocycles. The van der Waals surface area contributed by atoms with E-state index in [0.29, 0.717) is 24.2 Å². The van der Waals surface area contributed by atoms with Gasteiger partial charge in [0.15, 0.2) is 0 Å². The third kappa shape index (κ3) is 5.12. The van der Waals surface area contributed by atoms with Gasteiger partial charge >= 0.3 is 0 Å². The van der Waals surface area contributed by atoms with Crippen LogP contribution in [0.4, 0.5) is 0 Å². The van der Waals surface area contributed by atoms with E-state index in [0.717, 1.165) is 52.0 Å². The Labute approximate surface area is 210 Å². The average Bonchev–Trinajstić information content (AvgIpc) is 3.11. The summed E-state index contributed by atoms with van der Waals surface area (Å²) < 4.78 is 8.17. The topological polar surface area (TPSA) is 66.7 Å². The fraction of sp³-hybridized carbons (Fsp3) is 0.310. The van der Waals surface area contributed by atoms with Crippen molar-refractivity contribution in [2.45, 2.75) is 45.2 Å². The van der Waals surface area contributed by atoms with Crippen LogP contribution in [0.25, 0.3) is 22.2 Å². The van der Waals surface area contributed by atoms with Crippen molar-refractivity contribution in [3.63, 3.8) is 0 Å². The lowest BCUT2D eigenvalue weighted by Gasteiger charge is -2.23. The second kappa shape index (κ2) is 10.2. The summed E-state index contributed by atoms with van der Waals surface area (Å²) >= 11 is 6.87. The molecule has 1 fully saturated rings. The Hall–Kier alpha value is -3.15. The molecular weight excluding hydrogens is 460 g/mol.